The Labute approximate surface area is 497 Å². The van der Waals surface area contributed by atoms with Crippen molar-refractivity contribution >= 4 is 128 Å². The standard InChI is InChI=1S/C23H28N4O10.C16H19N3O8.C12H12N2O9S/c28-15(3-1-5-23(36)37-27-21(34)10-11-22(27)35)13-25-18(31)7-6-16(29)14-24-17(30)4-2-12-26-19(32)8-9-20(26)33;20-11(5-8-18-12(21)1-2-13(18)22)17-7-10-26-9-6-16(25)27-19-14(23)3-4-15(19)24;15-8-1-2-9(16)13(8)6-7(24(20,21)22)5-12(19)23-14-10(17)3-4-11(14)18/h8-9H,1-7,10-14H2,(H,24,30)(H,25,31);1-2H,3-10H2,(H,17,20);1-2,7H,3-6H2,(H,20,21,22). The number of ether oxygens (including phenoxy) is 1. The van der Waals surface area contributed by atoms with E-state index in [1.165, 1.54) is 0 Å². The van der Waals surface area contributed by atoms with Gasteiger partial charge in [-0.3, -0.25) is 101 Å². The first kappa shape index (κ1) is 70.6. The van der Waals surface area contributed by atoms with Crippen LogP contribution in [-0.2, 0) is 125 Å². The molecule has 0 saturated carbocycles. The monoisotopic (exact) mass is 1260 g/mol. The third kappa shape index (κ3) is 23.5. The molecule has 0 aromatic carbocycles. The molecule has 0 bridgehead atoms. The van der Waals surface area contributed by atoms with Crippen LogP contribution >= 0.6 is 0 Å². The zero-order valence-corrected chi connectivity index (χ0v) is 47.5. The second-order valence-electron chi connectivity index (χ2n) is 19.0. The predicted octanol–water partition coefficient (Wildman–Crippen LogP) is -4.78. The molecule has 0 aromatic heterocycles. The molecule has 37 heteroatoms. The highest BCUT2D eigenvalue weighted by Crippen LogP contribution is 2.18. The highest BCUT2D eigenvalue weighted by atomic mass is 32.2. The summed E-state index contributed by atoms with van der Waals surface area (Å²) in [6.45, 7) is -0.959. The first-order valence-electron chi connectivity index (χ1n) is 26.7. The Morgan fingerprint density at radius 2 is 0.818 bits per heavy atom. The number of carbonyl (C=O) groups excluding carboxylic acids is 20. The molecule has 88 heavy (non-hydrogen) atoms. The largest absolute Gasteiger partial charge is 0.379 e. The van der Waals surface area contributed by atoms with Crippen LogP contribution in [0.1, 0.15) is 103 Å². The van der Waals surface area contributed by atoms with Crippen LogP contribution in [0.4, 0.5) is 0 Å². The lowest BCUT2D eigenvalue weighted by atomic mass is 10.1. The number of hydrogen-bond acceptors (Lipinski definition) is 26. The van der Waals surface area contributed by atoms with Gasteiger partial charge < -0.3 is 35.2 Å². The average molecular weight is 1260 g/mol. The Morgan fingerprint density at radius 3 is 1.27 bits per heavy atom. The number of hydrogen-bond donors (Lipinski definition) is 4. The summed E-state index contributed by atoms with van der Waals surface area (Å²) in [6, 6.07) is 0. The van der Waals surface area contributed by atoms with Gasteiger partial charge in [-0.2, -0.15) is 8.42 Å². The Kier molecular flexibility index (Phi) is 27.5. The molecule has 3 saturated heterocycles. The number of imide groups is 6. The van der Waals surface area contributed by atoms with E-state index in [4.69, 9.17) is 4.74 Å². The highest BCUT2D eigenvalue weighted by molar-refractivity contribution is 7.86. The molecule has 36 nitrogen and oxygen atoms in total. The number of hydroxylamine groups is 6. The molecule has 0 spiro atoms. The number of Topliss-reactive ketones (excluding diaryl/α,β-unsaturated/α-hetero) is 2. The minimum atomic E-state index is -4.82. The topological polar surface area (TPSA) is 488 Å². The second kappa shape index (κ2) is 34.3. The van der Waals surface area contributed by atoms with Gasteiger partial charge >= 0.3 is 17.9 Å². The number of nitrogens with one attached hydrogen (secondary N) is 3. The summed E-state index contributed by atoms with van der Waals surface area (Å²) in [5.74, 6) is -12.1. The zero-order chi connectivity index (χ0) is 65.3. The maximum absolute atomic E-state index is 11.9. The van der Waals surface area contributed by atoms with Gasteiger partial charge in [-0.1, -0.05) is 0 Å². The fourth-order valence-corrected chi connectivity index (χ4v) is 8.31. The van der Waals surface area contributed by atoms with Gasteiger partial charge in [0.15, 0.2) is 11.6 Å². The molecule has 0 aromatic rings. The third-order valence-corrected chi connectivity index (χ3v) is 13.5. The number of carbonyl (C=O) groups is 20. The van der Waals surface area contributed by atoms with E-state index in [-0.39, 0.29) is 159 Å². The van der Waals surface area contributed by atoms with Crippen LogP contribution in [0, 0.1) is 0 Å². The van der Waals surface area contributed by atoms with E-state index >= 15 is 0 Å². The lowest BCUT2D eigenvalue weighted by molar-refractivity contribution is -0.198. The summed E-state index contributed by atoms with van der Waals surface area (Å²) in [6.07, 6.45) is 4.79. The van der Waals surface area contributed by atoms with E-state index < -0.39 is 135 Å². The molecule has 1 atom stereocenters. The first-order chi connectivity index (χ1) is 41.5. The fraction of sp³-hybridized carbons (Fsp3) is 0.490. The number of nitrogens with zero attached hydrogens (tertiary/aromatic N) is 6. The zero-order valence-electron chi connectivity index (χ0n) is 46.7. The van der Waals surface area contributed by atoms with Crippen molar-refractivity contribution in [3.05, 3.63) is 36.5 Å². The summed E-state index contributed by atoms with van der Waals surface area (Å²) >= 11 is 0. The van der Waals surface area contributed by atoms with E-state index in [0.29, 0.717) is 15.0 Å². The first-order valence-corrected chi connectivity index (χ1v) is 28.2. The average Bonchev–Trinajstić information content (AvgIpc) is 2.83. The van der Waals surface area contributed by atoms with Crippen LogP contribution in [-0.4, -0.2) is 219 Å². The van der Waals surface area contributed by atoms with Crippen molar-refractivity contribution in [1.29, 1.82) is 0 Å². The van der Waals surface area contributed by atoms with Gasteiger partial charge in [0, 0.05) is 140 Å². The van der Waals surface area contributed by atoms with E-state index in [1.807, 2.05) is 0 Å². The Hall–Kier alpha value is -9.91. The van der Waals surface area contributed by atoms with E-state index in [9.17, 15) is 109 Å². The number of ketones is 2. The molecule has 6 aliphatic heterocycles. The van der Waals surface area contributed by atoms with Gasteiger partial charge in [0.25, 0.3) is 81.0 Å². The van der Waals surface area contributed by atoms with Gasteiger partial charge in [0.1, 0.15) is 5.25 Å². The molecule has 6 rings (SSSR count). The lowest BCUT2D eigenvalue weighted by Gasteiger charge is -2.20. The van der Waals surface area contributed by atoms with Gasteiger partial charge in [-0.25, -0.2) is 14.4 Å². The van der Waals surface area contributed by atoms with E-state index in [0.717, 1.165) is 46.3 Å². The fourth-order valence-electron chi connectivity index (χ4n) is 7.63. The number of rotatable bonds is 32. The molecule has 1 unspecified atom stereocenters. The molecule has 6 aliphatic rings. The van der Waals surface area contributed by atoms with Gasteiger partial charge in [-0.05, 0) is 12.8 Å². The van der Waals surface area contributed by atoms with Crippen LogP contribution < -0.4 is 16.0 Å². The van der Waals surface area contributed by atoms with Crippen LogP contribution in [0.5, 0.6) is 0 Å². The maximum Gasteiger partial charge on any atom is 0.335 e. The molecule has 6 heterocycles. The lowest BCUT2D eigenvalue weighted by Crippen LogP contribution is -2.42. The van der Waals surface area contributed by atoms with Crippen molar-refractivity contribution < 1.29 is 128 Å². The minimum absolute atomic E-state index is 0.00284. The minimum Gasteiger partial charge on any atom is -0.379 e. The van der Waals surface area contributed by atoms with Crippen LogP contribution in [0.25, 0.3) is 0 Å². The summed E-state index contributed by atoms with van der Waals surface area (Å²) in [5.41, 5.74) is 0. The molecule has 4 N–H and O–H groups in total. The van der Waals surface area contributed by atoms with Gasteiger partial charge in [0.05, 0.1) is 39.1 Å². The molecular formula is C51H59N9O27S. The second-order valence-corrected chi connectivity index (χ2v) is 20.7. The SMILES string of the molecule is O=C(CC(CN1C(=O)C=CC1=O)S(=O)(=O)O)ON1C(=O)CCC1=O.O=C(CCC(=O)NCC(=O)CCCC(=O)ON1C(=O)CCC1=O)CNC(=O)CCCN1C(=O)C=CC1=O.O=C(CCN1C(=O)C=CC1=O)NCCOCCC(=O)ON1C(=O)CCC1=O. The molecular weight excluding hydrogens is 1200 g/mol. The normalized spacial score (nSPS) is 16.6. The Bertz CT molecular complexity index is 3000. The van der Waals surface area contributed by atoms with E-state index in [2.05, 4.69) is 30.5 Å². The van der Waals surface area contributed by atoms with Crippen molar-refractivity contribution in [1.82, 2.24) is 45.8 Å². The smallest absolute Gasteiger partial charge is 0.335 e. The quantitative estimate of drug-likeness (QED) is 0.0279. The summed E-state index contributed by atoms with van der Waals surface area (Å²) in [7, 11) is -4.82. The number of amides is 15. The van der Waals surface area contributed by atoms with Crippen molar-refractivity contribution in [3.8, 4) is 0 Å². The van der Waals surface area contributed by atoms with Crippen molar-refractivity contribution in [3.63, 3.8) is 0 Å². The summed E-state index contributed by atoms with van der Waals surface area (Å²) < 4.78 is 37.1. The maximum atomic E-state index is 11.9. The molecule has 0 radical (unpaired) electrons. The molecule has 476 valence electrons. The molecule has 0 aliphatic carbocycles. The van der Waals surface area contributed by atoms with Gasteiger partial charge in [-0.15, -0.1) is 15.2 Å². The molecule has 15 amide bonds. The Morgan fingerprint density at radius 1 is 0.432 bits per heavy atom. The van der Waals surface area contributed by atoms with Crippen LogP contribution in [0.2, 0.25) is 0 Å². The van der Waals surface area contributed by atoms with Crippen molar-refractivity contribution in [2.45, 2.75) is 108 Å². The third-order valence-electron chi connectivity index (χ3n) is 12.3. The highest BCUT2D eigenvalue weighted by Gasteiger charge is 2.38. The van der Waals surface area contributed by atoms with Crippen LogP contribution in [0.3, 0.4) is 0 Å². The predicted molar refractivity (Wildman–Crippen MR) is 280 cm³/mol. The van der Waals surface area contributed by atoms with Crippen molar-refractivity contribution in [2.75, 3.05) is 52.5 Å². The van der Waals surface area contributed by atoms with Gasteiger partial charge in [0.2, 0.25) is 17.7 Å². The summed E-state index contributed by atoms with van der Waals surface area (Å²) in [4.78, 5) is 247. The molecule has 3 fully saturated rings. The van der Waals surface area contributed by atoms with E-state index in [1.54, 1.807) is 0 Å². The Balaban J connectivity index is 0.000000290. The van der Waals surface area contributed by atoms with Crippen LogP contribution in [0.15, 0.2) is 36.5 Å². The summed E-state index contributed by atoms with van der Waals surface area (Å²) in [5, 5.41) is 6.58. The van der Waals surface area contributed by atoms with Crippen molar-refractivity contribution in [2.24, 2.45) is 0 Å².